The highest BCUT2D eigenvalue weighted by Gasteiger charge is 2.26. The van der Waals surface area contributed by atoms with Crippen molar-refractivity contribution in [2.24, 2.45) is 5.73 Å². The Morgan fingerprint density at radius 2 is 0.927 bits per heavy atom. The van der Waals surface area contributed by atoms with Crippen LogP contribution in [-0.4, -0.2) is 47.8 Å². The van der Waals surface area contributed by atoms with Gasteiger partial charge in [0.05, 0.1) is 25.4 Å². The molecule has 0 rings (SSSR count). The lowest BCUT2D eigenvalue weighted by Crippen LogP contribution is -2.45. The molecule has 0 aromatic rings. The Morgan fingerprint density at radius 1 is 0.582 bits per heavy atom. The number of carbonyl (C=O) groups excluding carboxylic acids is 1. The topological polar surface area (TPSA) is 131 Å². The molecule has 328 valence electrons. The van der Waals surface area contributed by atoms with E-state index in [1.54, 1.807) is 6.08 Å². The van der Waals surface area contributed by atoms with Crippen LogP contribution < -0.4 is 11.1 Å². The average Bonchev–Trinajstić information content (AvgIpc) is 3.17. The molecular formula is C46H93N2O6P. The Hall–Kier alpha value is -0.760. The van der Waals surface area contributed by atoms with Crippen LogP contribution in [0.4, 0.5) is 0 Å². The fraction of sp³-hybridized carbons (Fsp3) is 0.935. The molecule has 55 heavy (non-hydrogen) atoms. The number of phosphoric acid groups is 1. The lowest BCUT2D eigenvalue weighted by Gasteiger charge is -2.23. The number of nitrogens with two attached hydrogens (primary N) is 1. The molecule has 1 amide bonds. The van der Waals surface area contributed by atoms with E-state index < -0.39 is 20.0 Å². The number of carbonyl (C=O) groups is 1. The zero-order chi connectivity index (χ0) is 40.3. The van der Waals surface area contributed by atoms with Gasteiger partial charge in [-0.05, 0) is 19.3 Å². The van der Waals surface area contributed by atoms with Crippen LogP contribution in [0.25, 0.3) is 0 Å². The summed E-state index contributed by atoms with van der Waals surface area (Å²) in [5.74, 6) is -0.189. The third kappa shape index (κ3) is 41.2. The van der Waals surface area contributed by atoms with Crippen molar-refractivity contribution in [1.82, 2.24) is 5.32 Å². The Morgan fingerprint density at radius 3 is 1.29 bits per heavy atom. The van der Waals surface area contributed by atoms with Crippen LogP contribution in [0, 0.1) is 0 Å². The first-order valence-electron chi connectivity index (χ1n) is 23.8. The molecule has 0 aliphatic rings. The van der Waals surface area contributed by atoms with Crippen LogP contribution in [-0.2, 0) is 18.4 Å². The molecule has 0 aliphatic heterocycles. The number of nitrogens with one attached hydrogen (secondary N) is 1. The monoisotopic (exact) mass is 801 g/mol. The molecule has 0 saturated heterocycles. The second-order valence-corrected chi connectivity index (χ2v) is 17.8. The second kappa shape index (κ2) is 42.8. The average molecular weight is 801 g/mol. The summed E-state index contributed by atoms with van der Waals surface area (Å²) in [7, 11) is -4.33. The number of amides is 1. The SMILES string of the molecule is CCCCCCCCCCCCC/C=C/C(O)C(COP(=O)(O)OCCN)NC(=O)CCCCCCCCCCCCCCCCCCCCCCCCC. The van der Waals surface area contributed by atoms with E-state index in [1.807, 2.05) is 6.08 Å². The molecule has 0 spiro atoms. The first kappa shape index (κ1) is 54.2. The fourth-order valence-corrected chi connectivity index (χ4v) is 8.01. The van der Waals surface area contributed by atoms with Gasteiger partial charge in [0.1, 0.15) is 0 Å². The number of phosphoric ester groups is 1. The molecule has 3 atom stereocenters. The molecule has 3 unspecified atom stereocenters. The van der Waals surface area contributed by atoms with Gasteiger partial charge in [-0.1, -0.05) is 231 Å². The summed E-state index contributed by atoms with van der Waals surface area (Å²) in [6, 6.07) is -0.854. The third-order valence-corrected chi connectivity index (χ3v) is 11.8. The van der Waals surface area contributed by atoms with Gasteiger partial charge in [-0.3, -0.25) is 13.8 Å². The third-order valence-electron chi connectivity index (χ3n) is 10.9. The number of hydrogen-bond acceptors (Lipinski definition) is 6. The lowest BCUT2D eigenvalue weighted by molar-refractivity contribution is -0.123. The largest absolute Gasteiger partial charge is 0.472 e. The highest BCUT2D eigenvalue weighted by Crippen LogP contribution is 2.43. The van der Waals surface area contributed by atoms with Gasteiger partial charge in [-0.25, -0.2) is 4.57 Å². The van der Waals surface area contributed by atoms with E-state index in [0.717, 1.165) is 38.5 Å². The second-order valence-electron chi connectivity index (χ2n) is 16.3. The maximum Gasteiger partial charge on any atom is 0.472 e. The lowest BCUT2D eigenvalue weighted by atomic mass is 10.0. The van der Waals surface area contributed by atoms with E-state index in [2.05, 4.69) is 19.2 Å². The number of allylic oxidation sites excluding steroid dienone is 1. The normalized spacial score (nSPS) is 14.1. The molecule has 9 heteroatoms. The standard InChI is InChI=1S/C46H93N2O6P/c1-3-5-7-9-11-13-15-17-18-19-20-21-22-23-24-25-26-28-30-32-34-36-38-40-46(50)48-44(43-54-55(51,52)53-42-41-47)45(49)39-37-35-33-31-29-27-16-14-12-10-8-6-4-2/h37,39,44-45,49H,3-36,38,40-43,47H2,1-2H3,(H,48,50)(H,51,52)/b39-37+. The quantitative estimate of drug-likeness (QED) is 0.0274. The van der Waals surface area contributed by atoms with Gasteiger partial charge in [0, 0.05) is 13.0 Å². The molecule has 0 saturated carbocycles. The number of hydrogen-bond donors (Lipinski definition) is 4. The van der Waals surface area contributed by atoms with Gasteiger partial charge in [-0.2, -0.15) is 0 Å². The van der Waals surface area contributed by atoms with Gasteiger partial charge in [0.15, 0.2) is 0 Å². The van der Waals surface area contributed by atoms with Crippen molar-refractivity contribution in [3.63, 3.8) is 0 Å². The maximum atomic E-state index is 12.8. The summed E-state index contributed by atoms with van der Waals surface area (Å²) < 4.78 is 22.1. The molecule has 0 aromatic heterocycles. The Balaban J connectivity index is 4.03. The Labute approximate surface area is 341 Å². The highest BCUT2D eigenvalue weighted by molar-refractivity contribution is 7.47. The molecule has 0 aliphatic carbocycles. The van der Waals surface area contributed by atoms with Crippen molar-refractivity contribution in [3.05, 3.63) is 12.2 Å². The summed E-state index contributed by atoms with van der Waals surface area (Å²) in [6.45, 7) is 4.16. The van der Waals surface area contributed by atoms with E-state index in [1.165, 1.54) is 186 Å². The molecule has 8 nitrogen and oxygen atoms in total. The summed E-state index contributed by atoms with van der Waals surface area (Å²) in [5.41, 5.74) is 5.38. The summed E-state index contributed by atoms with van der Waals surface area (Å²) in [4.78, 5) is 22.7. The molecule has 0 heterocycles. The van der Waals surface area contributed by atoms with Gasteiger partial charge in [0.25, 0.3) is 0 Å². The summed E-state index contributed by atoms with van der Waals surface area (Å²) in [6.07, 6.45) is 48.4. The van der Waals surface area contributed by atoms with Gasteiger partial charge in [0.2, 0.25) is 5.91 Å². The minimum Gasteiger partial charge on any atom is -0.387 e. The Bertz CT molecular complexity index is 875. The van der Waals surface area contributed by atoms with E-state index in [4.69, 9.17) is 14.8 Å². The van der Waals surface area contributed by atoms with Gasteiger partial charge in [-0.15, -0.1) is 0 Å². The van der Waals surface area contributed by atoms with Crippen molar-refractivity contribution in [2.45, 2.75) is 257 Å². The van der Waals surface area contributed by atoms with Crippen molar-refractivity contribution < 1.29 is 28.4 Å². The Kier molecular flexibility index (Phi) is 42.2. The molecule has 0 radical (unpaired) electrons. The zero-order valence-corrected chi connectivity index (χ0v) is 37.3. The van der Waals surface area contributed by atoms with Gasteiger partial charge >= 0.3 is 7.82 Å². The van der Waals surface area contributed by atoms with Crippen molar-refractivity contribution in [3.8, 4) is 0 Å². The molecule has 0 fully saturated rings. The highest BCUT2D eigenvalue weighted by atomic mass is 31.2. The zero-order valence-electron chi connectivity index (χ0n) is 36.4. The number of aliphatic hydroxyl groups excluding tert-OH is 1. The first-order chi connectivity index (χ1) is 26.9. The number of unbranched alkanes of at least 4 members (excludes halogenated alkanes) is 33. The first-order valence-corrected chi connectivity index (χ1v) is 25.3. The smallest absolute Gasteiger partial charge is 0.387 e. The van der Waals surface area contributed by atoms with Crippen LogP contribution in [0.1, 0.15) is 245 Å². The van der Waals surface area contributed by atoms with Crippen molar-refractivity contribution in [1.29, 1.82) is 0 Å². The van der Waals surface area contributed by atoms with E-state index in [0.29, 0.717) is 6.42 Å². The van der Waals surface area contributed by atoms with Crippen LogP contribution in [0.15, 0.2) is 12.2 Å². The van der Waals surface area contributed by atoms with E-state index in [-0.39, 0.29) is 25.7 Å². The van der Waals surface area contributed by atoms with Crippen LogP contribution in [0.5, 0.6) is 0 Å². The number of aliphatic hydroxyl groups is 1. The minimum absolute atomic E-state index is 0.0814. The molecule has 5 N–H and O–H groups in total. The molecular weight excluding hydrogens is 707 g/mol. The van der Waals surface area contributed by atoms with Crippen molar-refractivity contribution in [2.75, 3.05) is 19.8 Å². The summed E-state index contributed by atoms with van der Waals surface area (Å²) in [5, 5.41) is 13.7. The van der Waals surface area contributed by atoms with Gasteiger partial charge < -0.3 is 21.1 Å². The fourth-order valence-electron chi connectivity index (χ4n) is 7.25. The molecule has 0 aromatic carbocycles. The number of rotatable bonds is 45. The van der Waals surface area contributed by atoms with E-state index >= 15 is 0 Å². The van der Waals surface area contributed by atoms with Crippen LogP contribution in [0.2, 0.25) is 0 Å². The maximum absolute atomic E-state index is 12.8. The van der Waals surface area contributed by atoms with E-state index in [9.17, 15) is 19.4 Å². The van der Waals surface area contributed by atoms with Crippen LogP contribution in [0.3, 0.4) is 0 Å². The van der Waals surface area contributed by atoms with Crippen molar-refractivity contribution >= 4 is 13.7 Å². The van der Waals surface area contributed by atoms with Crippen LogP contribution >= 0.6 is 7.82 Å². The predicted octanol–water partition coefficient (Wildman–Crippen LogP) is 13.6. The molecule has 0 bridgehead atoms. The predicted molar refractivity (Wildman–Crippen MR) is 235 cm³/mol. The summed E-state index contributed by atoms with van der Waals surface area (Å²) >= 11 is 0. The minimum atomic E-state index is -4.33.